The van der Waals surface area contributed by atoms with Crippen molar-refractivity contribution in [3.63, 3.8) is 0 Å². The minimum atomic E-state index is -0.223. The molecule has 0 aromatic carbocycles. The van der Waals surface area contributed by atoms with Gasteiger partial charge in [0.1, 0.15) is 12.6 Å². The second kappa shape index (κ2) is 7.77. The molecular formula is C14H20O6. The number of rotatable bonds is 6. The number of ether oxygens (including phenoxy) is 2. The first-order valence-electron chi connectivity index (χ1n) is 6.82. The third kappa shape index (κ3) is 4.75. The Morgan fingerprint density at radius 1 is 0.900 bits per heavy atom. The third-order valence-corrected chi connectivity index (χ3v) is 3.21. The predicted molar refractivity (Wildman–Crippen MR) is 68.6 cm³/mol. The van der Waals surface area contributed by atoms with Crippen molar-refractivity contribution in [1.29, 1.82) is 0 Å². The molecule has 2 rings (SSSR count). The predicted octanol–water partition coefficient (Wildman–Crippen LogP) is 0.769. The van der Waals surface area contributed by atoms with E-state index in [1.807, 2.05) is 0 Å². The summed E-state index contributed by atoms with van der Waals surface area (Å²) in [4.78, 5) is 41.7. The van der Waals surface area contributed by atoms with Crippen LogP contribution >= 0.6 is 0 Å². The van der Waals surface area contributed by atoms with Crippen molar-refractivity contribution in [3.8, 4) is 0 Å². The van der Waals surface area contributed by atoms with Gasteiger partial charge in [0.2, 0.25) is 0 Å². The van der Waals surface area contributed by atoms with Gasteiger partial charge in [0.15, 0.2) is 0 Å². The highest BCUT2D eigenvalue weighted by Crippen LogP contribution is 2.37. The molecule has 2 fully saturated rings. The number of carbonyl (C=O) groups is 4. The van der Waals surface area contributed by atoms with Gasteiger partial charge in [0.25, 0.3) is 0 Å². The zero-order valence-corrected chi connectivity index (χ0v) is 11.7. The quantitative estimate of drug-likeness (QED) is 0.529. The summed E-state index contributed by atoms with van der Waals surface area (Å²) in [7, 11) is 0. The zero-order chi connectivity index (χ0) is 15.1. The molecule has 0 saturated heterocycles. The second-order valence-electron chi connectivity index (χ2n) is 4.79. The molecule has 20 heavy (non-hydrogen) atoms. The molecular weight excluding hydrogens is 264 g/mol. The largest absolute Gasteiger partial charge is 0.466 e. The Hall–Kier alpha value is -1.72. The second-order valence-corrected chi connectivity index (χ2v) is 4.79. The van der Waals surface area contributed by atoms with Gasteiger partial charge in [-0.25, -0.2) is 0 Å². The lowest BCUT2D eigenvalue weighted by Gasteiger charge is -1.96. The van der Waals surface area contributed by atoms with E-state index < -0.39 is 0 Å². The summed E-state index contributed by atoms with van der Waals surface area (Å²) in [5.41, 5.74) is 0. The molecule has 2 aliphatic carbocycles. The molecule has 0 spiro atoms. The molecule has 0 heterocycles. The lowest BCUT2D eigenvalue weighted by molar-refractivity contribution is -0.146. The van der Waals surface area contributed by atoms with E-state index in [4.69, 9.17) is 9.47 Å². The molecule has 0 unspecified atom stereocenters. The number of hydrogen-bond acceptors (Lipinski definition) is 6. The molecule has 0 radical (unpaired) electrons. The Morgan fingerprint density at radius 3 is 1.45 bits per heavy atom. The van der Waals surface area contributed by atoms with Crippen LogP contribution < -0.4 is 0 Å². The highest BCUT2D eigenvalue weighted by molar-refractivity contribution is 5.82. The van der Waals surface area contributed by atoms with Gasteiger partial charge < -0.3 is 19.1 Å². The van der Waals surface area contributed by atoms with Crippen LogP contribution in [0.2, 0.25) is 0 Å². The average Bonchev–Trinajstić information content (AvgIpc) is 3.32. The van der Waals surface area contributed by atoms with Crippen LogP contribution in [0, 0.1) is 23.7 Å². The summed E-state index contributed by atoms with van der Waals surface area (Å²) in [6, 6.07) is 0. The Balaban J connectivity index is 0.000000200. The van der Waals surface area contributed by atoms with Gasteiger partial charge in [0, 0.05) is 11.8 Å². The first-order valence-corrected chi connectivity index (χ1v) is 6.82. The molecule has 2 aliphatic rings. The van der Waals surface area contributed by atoms with E-state index in [-0.39, 0.29) is 35.6 Å². The number of esters is 2. The molecule has 0 aromatic rings. The maximum Gasteiger partial charge on any atom is 0.309 e. The van der Waals surface area contributed by atoms with E-state index in [0.29, 0.717) is 26.1 Å². The molecule has 6 nitrogen and oxygen atoms in total. The van der Waals surface area contributed by atoms with Crippen molar-refractivity contribution >= 4 is 24.5 Å². The minimum absolute atomic E-state index is 0.0564. The SMILES string of the molecule is CCOC(=O)[C@@H]1C[C@@H]1C=O.CCOC(=O)[C@@H]1C[C@H]1C=O. The van der Waals surface area contributed by atoms with Crippen molar-refractivity contribution in [2.45, 2.75) is 26.7 Å². The summed E-state index contributed by atoms with van der Waals surface area (Å²) in [6.45, 7) is 4.33. The van der Waals surface area contributed by atoms with Gasteiger partial charge in [-0.15, -0.1) is 0 Å². The van der Waals surface area contributed by atoms with E-state index in [9.17, 15) is 19.2 Å². The van der Waals surface area contributed by atoms with Crippen LogP contribution in [-0.2, 0) is 28.7 Å². The molecule has 0 bridgehead atoms. The molecule has 112 valence electrons. The van der Waals surface area contributed by atoms with Crippen LogP contribution in [-0.4, -0.2) is 37.7 Å². The minimum Gasteiger partial charge on any atom is -0.466 e. The van der Waals surface area contributed by atoms with Crippen molar-refractivity contribution in [2.24, 2.45) is 23.7 Å². The molecule has 0 aromatic heterocycles. The van der Waals surface area contributed by atoms with Crippen LogP contribution in [0.25, 0.3) is 0 Å². The van der Waals surface area contributed by atoms with Gasteiger partial charge in [-0.05, 0) is 26.7 Å². The zero-order valence-electron chi connectivity index (χ0n) is 11.7. The lowest BCUT2D eigenvalue weighted by atomic mass is 10.3. The molecule has 0 N–H and O–H groups in total. The van der Waals surface area contributed by atoms with Crippen LogP contribution in [0.3, 0.4) is 0 Å². The Kier molecular flexibility index (Phi) is 6.35. The number of aldehydes is 2. The Morgan fingerprint density at radius 2 is 1.25 bits per heavy atom. The maximum absolute atomic E-state index is 10.8. The van der Waals surface area contributed by atoms with Crippen molar-refractivity contribution in [1.82, 2.24) is 0 Å². The fourth-order valence-electron chi connectivity index (χ4n) is 1.77. The summed E-state index contributed by atoms with van der Waals surface area (Å²) >= 11 is 0. The van der Waals surface area contributed by atoms with E-state index in [0.717, 1.165) is 12.6 Å². The van der Waals surface area contributed by atoms with Gasteiger partial charge in [-0.2, -0.15) is 0 Å². The first-order chi connectivity index (χ1) is 9.58. The molecule has 6 heteroatoms. The fourth-order valence-corrected chi connectivity index (χ4v) is 1.77. The molecule has 4 atom stereocenters. The monoisotopic (exact) mass is 284 g/mol. The summed E-state index contributed by atoms with van der Waals surface area (Å²) in [5, 5.41) is 0. The summed E-state index contributed by atoms with van der Waals surface area (Å²) in [5.74, 6) is -0.813. The highest BCUT2D eigenvalue weighted by atomic mass is 16.5. The standard InChI is InChI=1S/2C7H10O3/c2*1-2-10-7(9)6-3-5(6)4-8/h2*4-6H,2-3H2,1H3/t5-,6+;5-,6-/m01/s1. The topological polar surface area (TPSA) is 86.7 Å². The maximum atomic E-state index is 10.8. The average molecular weight is 284 g/mol. The molecule has 0 amide bonds. The normalized spacial score (nSPS) is 29.3. The Labute approximate surface area is 117 Å². The third-order valence-electron chi connectivity index (χ3n) is 3.21. The first kappa shape index (κ1) is 16.3. The van der Waals surface area contributed by atoms with Crippen LogP contribution in [0.1, 0.15) is 26.7 Å². The summed E-state index contributed by atoms with van der Waals surface area (Å²) in [6.07, 6.45) is 3.01. The number of hydrogen-bond donors (Lipinski definition) is 0. The highest BCUT2D eigenvalue weighted by Gasteiger charge is 2.44. The van der Waals surface area contributed by atoms with Gasteiger partial charge in [-0.1, -0.05) is 0 Å². The van der Waals surface area contributed by atoms with Crippen molar-refractivity contribution < 1.29 is 28.7 Å². The molecule has 2 saturated carbocycles. The van der Waals surface area contributed by atoms with E-state index in [1.54, 1.807) is 13.8 Å². The van der Waals surface area contributed by atoms with Crippen molar-refractivity contribution in [2.75, 3.05) is 13.2 Å². The Bertz CT molecular complexity index is 342. The van der Waals surface area contributed by atoms with E-state index in [1.165, 1.54) is 0 Å². The van der Waals surface area contributed by atoms with E-state index in [2.05, 4.69) is 0 Å². The fraction of sp³-hybridized carbons (Fsp3) is 0.714. The van der Waals surface area contributed by atoms with Gasteiger partial charge in [-0.3, -0.25) is 9.59 Å². The van der Waals surface area contributed by atoms with Crippen LogP contribution in [0.4, 0.5) is 0 Å². The van der Waals surface area contributed by atoms with E-state index >= 15 is 0 Å². The molecule has 0 aliphatic heterocycles. The van der Waals surface area contributed by atoms with Crippen LogP contribution in [0.15, 0.2) is 0 Å². The smallest absolute Gasteiger partial charge is 0.309 e. The van der Waals surface area contributed by atoms with Gasteiger partial charge in [0.05, 0.1) is 25.0 Å². The summed E-state index contributed by atoms with van der Waals surface area (Å²) < 4.78 is 9.40. The van der Waals surface area contributed by atoms with Crippen LogP contribution in [0.5, 0.6) is 0 Å². The lowest BCUT2D eigenvalue weighted by Crippen LogP contribution is -2.07. The van der Waals surface area contributed by atoms with Crippen molar-refractivity contribution in [3.05, 3.63) is 0 Å². The number of carbonyl (C=O) groups excluding carboxylic acids is 4. The van der Waals surface area contributed by atoms with Gasteiger partial charge >= 0.3 is 11.9 Å².